The molecule has 98 valence electrons. The number of piperazine rings is 1. The van der Waals surface area contributed by atoms with Crippen LogP contribution in [-0.4, -0.2) is 74.4 Å². The minimum absolute atomic E-state index is 0.0176. The van der Waals surface area contributed by atoms with E-state index in [1.807, 2.05) is 6.92 Å². The Morgan fingerprint density at radius 3 is 2.71 bits per heavy atom. The number of hydrogen-bond donors (Lipinski definition) is 0. The summed E-state index contributed by atoms with van der Waals surface area (Å²) in [6.07, 6.45) is 0.859. The van der Waals surface area contributed by atoms with E-state index in [1.165, 1.54) is 0 Å². The van der Waals surface area contributed by atoms with E-state index in [1.54, 1.807) is 0 Å². The van der Waals surface area contributed by atoms with Crippen molar-refractivity contribution < 1.29 is 14.3 Å². The van der Waals surface area contributed by atoms with E-state index in [2.05, 4.69) is 9.80 Å². The number of cyclic esters (lactones) is 1. The third kappa shape index (κ3) is 3.40. The van der Waals surface area contributed by atoms with Crippen molar-refractivity contribution in [2.45, 2.75) is 19.4 Å². The first-order chi connectivity index (χ1) is 8.31. The summed E-state index contributed by atoms with van der Waals surface area (Å²) in [6, 6.07) is 0.0176. The maximum atomic E-state index is 11.5. The summed E-state index contributed by atoms with van der Waals surface area (Å²) >= 11 is 0. The first kappa shape index (κ1) is 12.8. The van der Waals surface area contributed by atoms with Crippen molar-refractivity contribution in [3.63, 3.8) is 0 Å². The van der Waals surface area contributed by atoms with Gasteiger partial charge in [-0.3, -0.25) is 14.6 Å². The summed E-state index contributed by atoms with van der Waals surface area (Å²) in [7, 11) is 0. The Bertz CT molecular complexity index is 252. The van der Waals surface area contributed by atoms with Gasteiger partial charge in [-0.25, -0.2) is 0 Å². The normalized spacial score (nSPS) is 27.4. The summed E-state index contributed by atoms with van der Waals surface area (Å²) in [4.78, 5) is 16.1. The van der Waals surface area contributed by atoms with Gasteiger partial charge in [0, 0.05) is 45.8 Å². The molecular weight excluding hydrogens is 220 g/mol. The lowest BCUT2D eigenvalue weighted by Gasteiger charge is -2.36. The van der Waals surface area contributed by atoms with Gasteiger partial charge >= 0.3 is 5.97 Å². The van der Waals surface area contributed by atoms with Crippen molar-refractivity contribution in [3.8, 4) is 0 Å². The number of esters is 1. The van der Waals surface area contributed by atoms with Crippen LogP contribution >= 0.6 is 0 Å². The van der Waals surface area contributed by atoms with Crippen molar-refractivity contribution in [2.75, 3.05) is 52.5 Å². The summed E-state index contributed by atoms with van der Waals surface area (Å²) < 4.78 is 10.4. The van der Waals surface area contributed by atoms with Crippen molar-refractivity contribution in [1.82, 2.24) is 9.80 Å². The highest BCUT2D eigenvalue weighted by molar-refractivity contribution is 5.77. The van der Waals surface area contributed by atoms with E-state index in [4.69, 9.17) is 9.47 Å². The lowest BCUT2D eigenvalue weighted by Crippen LogP contribution is -2.52. The molecule has 5 heteroatoms. The number of rotatable bonds is 5. The van der Waals surface area contributed by atoms with Crippen LogP contribution < -0.4 is 0 Å². The van der Waals surface area contributed by atoms with Crippen LogP contribution in [0.3, 0.4) is 0 Å². The van der Waals surface area contributed by atoms with E-state index in [0.29, 0.717) is 6.61 Å². The highest BCUT2D eigenvalue weighted by Crippen LogP contribution is 2.15. The molecule has 2 saturated heterocycles. The van der Waals surface area contributed by atoms with Gasteiger partial charge in [0.2, 0.25) is 0 Å². The molecule has 1 atom stereocenters. The number of carbonyl (C=O) groups is 1. The van der Waals surface area contributed by atoms with Gasteiger partial charge in [-0.05, 0) is 6.92 Å². The maximum absolute atomic E-state index is 11.5. The lowest BCUT2D eigenvalue weighted by molar-refractivity contribution is -0.142. The molecule has 0 aliphatic carbocycles. The van der Waals surface area contributed by atoms with Crippen LogP contribution in [0.1, 0.15) is 13.3 Å². The zero-order chi connectivity index (χ0) is 12.1. The minimum atomic E-state index is -0.0345. The van der Waals surface area contributed by atoms with Crippen LogP contribution in [0.4, 0.5) is 0 Å². The third-order valence-corrected chi connectivity index (χ3v) is 3.51. The molecule has 0 N–H and O–H groups in total. The average molecular weight is 242 g/mol. The molecule has 0 unspecified atom stereocenters. The molecule has 0 aromatic carbocycles. The molecule has 0 radical (unpaired) electrons. The topological polar surface area (TPSA) is 42.0 Å². The predicted octanol–water partition coefficient (Wildman–Crippen LogP) is -0.0440. The molecule has 2 aliphatic heterocycles. The highest BCUT2D eigenvalue weighted by atomic mass is 16.5. The zero-order valence-electron chi connectivity index (χ0n) is 10.6. The van der Waals surface area contributed by atoms with Crippen LogP contribution in [-0.2, 0) is 14.3 Å². The van der Waals surface area contributed by atoms with E-state index in [9.17, 15) is 4.79 Å². The maximum Gasteiger partial charge on any atom is 0.323 e. The molecule has 2 fully saturated rings. The Labute approximate surface area is 103 Å². The fourth-order valence-electron chi connectivity index (χ4n) is 2.45. The predicted molar refractivity (Wildman–Crippen MR) is 63.9 cm³/mol. The second-order valence-corrected chi connectivity index (χ2v) is 4.55. The standard InChI is InChI=1S/C12H22N2O3/c1-2-16-10-8-13-4-6-14(7-5-13)11-3-9-17-12(11)15/h11H,2-10H2,1H3/t11-/m1/s1. The first-order valence-electron chi connectivity index (χ1n) is 6.52. The molecular formula is C12H22N2O3. The fraction of sp³-hybridized carbons (Fsp3) is 0.917. The minimum Gasteiger partial charge on any atom is -0.464 e. The van der Waals surface area contributed by atoms with Gasteiger partial charge in [-0.2, -0.15) is 0 Å². The number of nitrogens with zero attached hydrogens (tertiary/aromatic N) is 2. The second kappa shape index (κ2) is 6.33. The Morgan fingerprint density at radius 2 is 2.12 bits per heavy atom. The summed E-state index contributed by atoms with van der Waals surface area (Å²) in [5, 5.41) is 0. The van der Waals surface area contributed by atoms with Crippen LogP contribution in [0.5, 0.6) is 0 Å². The second-order valence-electron chi connectivity index (χ2n) is 4.55. The van der Waals surface area contributed by atoms with Gasteiger partial charge in [0.05, 0.1) is 13.2 Å². The van der Waals surface area contributed by atoms with Crippen molar-refractivity contribution in [2.24, 2.45) is 0 Å². The molecule has 2 rings (SSSR count). The van der Waals surface area contributed by atoms with Crippen molar-refractivity contribution in [1.29, 1.82) is 0 Å². The molecule has 0 aromatic heterocycles. The molecule has 2 aliphatic rings. The molecule has 2 heterocycles. The number of ether oxygens (including phenoxy) is 2. The Balaban J connectivity index is 1.68. The molecule has 0 saturated carbocycles. The molecule has 17 heavy (non-hydrogen) atoms. The number of hydrogen-bond acceptors (Lipinski definition) is 5. The van der Waals surface area contributed by atoms with Crippen LogP contribution in [0.2, 0.25) is 0 Å². The SMILES string of the molecule is CCOCCN1CCN([C@@H]2CCOC2=O)CC1. The number of carbonyl (C=O) groups excluding carboxylic acids is 1. The van der Waals surface area contributed by atoms with E-state index in [0.717, 1.165) is 52.4 Å². The van der Waals surface area contributed by atoms with Gasteiger partial charge in [0.25, 0.3) is 0 Å². The largest absolute Gasteiger partial charge is 0.464 e. The monoisotopic (exact) mass is 242 g/mol. The third-order valence-electron chi connectivity index (χ3n) is 3.51. The Hall–Kier alpha value is -0.650. The smallest absolute Gasteiger partial charge is 0.323 e. The molecule has 0 amide bonds. The van der Waals surface area contributed by atoms with Gasteiger partial charge in [-0.1, -0.05) is 0 Å². The van der Waals surface area contributed by atoms with Crippen molar-refractivity contribution in [3.05, 3.63) is 0 Å². The fourth-order valence-corrected chi connectivity index (χ4v) is 2.45. The summed E-state index contributed by atoms with van der Waals surface area (Å²) in [6.45, 7) is 9.18. The van der Waals surface area contributed by atoms with Crippen LogP contribution in [0.25, 0.3) is 0 Å². The van der Waals surface area contributed by atoms with Gasteiger partial charge < -0.3 is 9.47 Å². The Morgan fingerprint density at radius 1 is 1.35 bits per heavy atom. The van der Waals surface area contributed by atoms with Gasteiger partial charge in [-0.15, -0.1) is 0 Å². The highest BCUT2D eigenvalue weighted by Gasteiger charge is 2.33. The molecule has 5 nitrogen and oxygen atoms in total. The van der Waals surface area contributed by atoms with Gasteiger partial charge in [0.15, 0.2) is 0 Å². The lowest BCUT2D eigenvalue weighted by atomic mass is 10.2. The van der Waals surface area contributed by atoms with Gasteiger partial charge in [0.1, 0.15) is 6.04 Å². The molecule has 0 bridgehead atoms. The van der Waals surface area contributed by atoms with Crippen LogP contribution in [0.15, 0.2) is 0 Å². The average Bonchev–Trinajstić information content (AvgIpc) is 2.77. The summed E-state index contributed by atoms with van der Waals surface area (Å²) in [5.41, 5.74) is 0. The van der Waals surface area contributed by atoms with Crippen LogP contribution in [0, 0.1) is 0 Å². The molecule has 0 spiro atoms. The van der Waals surface area contributed by atoms with E-state index in [-0.39, 0.29) is 12.0 Å². The summed E-state index contributed by atoms with van der Waals surface area (Å²) in [5.74, 6) is -0.0345. The zero-order valence-corrected chi connectivity index (χ0v) is 10.6. The van der Waals surface area contributed by atoms with E-state index >= 15 is 0 Å². The molecule has 0 aromatic rings. The quantitative estimate of drug-likeness (QED) is 0.500. The Kier molecular flexibility index (Phi) is 4.76. The van der Waals surface area contributed by atoms with E-state index < -0.39 is 0 Å². The van der Waals surface area contributed by atoms with Crippen molar-refractivity contribution >= 4 is 5.97 Å². The first-order valence-corrected chi connectivity index (χ1v) is 6.52.